The third kappa shape index (κ3) is 3.40. The van der Waals surface area contributed by atoms with Crippen LogP contribution in [0.3, 0.4) is 0 Å². The maximum Gasteiger partial charge on any atom is 0.115 e. The minimum atomic E-state index is 0.119. The first-order valence-corrected chi connectivity index (χ1v) is 10.3. The average Bonchev–Trinajstić information content (AvgIpc) is 2.64. The molecule has 0 radical (unpaired) electrons. The Labute approximate surface area is 157 Å². The Hall–Kier alpha value is -1.80. The number of hydrogen-bond acceptors (Lipinski definition) is 2. The highest BCUT2D eigenvalue weighted by Crippen LogP contribution is 2.47. The molecule has 2 heteroatoms. The summed E-state index contributed by atoms with van der Waals surface area (Å²) in [5.74, 6) is 1.11. The van der Waals surface area contributed by atoms with E-state index in [1.807, 2.05) is 12.1 Å². The largest absolute Gasteiger partial charge is 0.508 e. The van der Waals surface area contributed by atoms with Crippen molar-refractivity contribution in [2.45, 2.75) is 63.3 Å². The van der Waals surface area contributed by atoms with Crippen LogP contribution in [0.4, 0.5) is 0 Å². The minimum Gasteiger partial charge on any atom is -0.508 e. The summed E-state index contributed by atoms with van der Waals surface area (Å²) < 4.78 is 0. The van der Waals surface area contributed by atoms with Crippen LogP contribution >= 0.6 is 0 Å². The third-order valence-corrected chi connectivity index (χ3v) is 6.74. The number of aromatic hydroxyl groups is 1. The number of phenolic OH excluding ortho intramolecular Hbond substituents is 1. The van der Waals surface area contributed by atoms with Crippen molar-refractivity contribution in [1.82, 2.24) is 5.32 Å². The van der Waals surface area contributed by atoms with Crippen molar-refractivity contribution in [3.63, 3.8) is 0 Å². The quantitative estimate of drug-likeness (QED) is 0.815. The smallest absolute Gasteiger partial charge is 0.115 e. The lowest BCUT2D eigenvalue weighted by Gasteiger charge is -2.49. The fourth-order valence-electron chi connectivity index (χ4n) is 5.41. The molecule has 0 saturated heterocycles. The Balaban J connectivity index is 1.59. The molecule has 26 heavy (non-hydrogen) atoms. The van der Waals surface area contributed by atoms with E-state index < -0.39 is 0 Å². The van der Waals surface area contributed by atoms with Gasteiger partial charge in [-0.25, -0.2) is 0 Å². The first-order valence-electron chi connectivity index (χ1n) is 10.3. The van der Waals surface area contributed by atoms with Crippen molar-refractivity contribution in [2.75, 3.05) is 6.54 Å². The van der Waals surface area contributed by atoms with E-state index in [0.29, 0.717) is 17.7 Å². The van der Waals surface area contributed by atoms with E-state index in [0.717, 1.165) is 19.4 Å². The van der Waals surface area contributed by atoms with E-state index in [2.05, 4.69) is 48.6 Å². The van der Waals surface area contributed by atoms with Gasteiger partial charge in [-0.2, -0.15) is 0 Å². The van der Waals surface area contributed by atoms with Crippen LogP contribution in [0.1, 0.15) is 55.7 Å². The monoisotopic (exact) mass is 349 g/mol. The molecule has 0 spiro atoms. The lowest BCUT2D eigenvalue weighted by atomic mass is 9.59. The summed E-state index contributed by atoms with van der Waals surface area (Å²) in [6, 6.07) is 17.3. The van der Waals surface area contributed by atoms with E-state index in [4.69, 9.17) is 0 Å². The zero-order valence-electron chi connectivity index (χ0n) is 15.9. The molecule has 0 unspecified atom stereocenters. The van der Waals surface area contributed by atoms with Gasteiger partial charge in [-0.3, -0.25) is 0 Å². The van der Waals surface area contributed by atoms with Gasteiger partial charge in [-0.1, -0.05) is 62.6 Å². The van der Waals surface area contributed by atoms with Crippen LogP contribution in [0.2, 0.25) is 0 Å². The molecule has 2 aromatic rings. The SMILES string of the molecule is C[C@@]12CCCCC[C@@H](Cc3ccc(O)cc31)[C@@H]2NCCc1ccccc1. The van der Waals surface area contributed by atoms with Crippen molar-refractivity contribution in [3.05, 3.63) is 65.2 Å². The molecular weight excluding hydrogens is 318 g/mol. The summed E-state index contributed by atoms with van der Waals surface area (Å²) in [7, 11) is 0. The molecule has 4 rings (SSSR count). The molecule has 2 aromatic carbocycles. The van der Waals surface area contributed by atoms with Gasteiger partial charge >= 0.3 is 0 Å². The predicted molar refractivity (Wildman–Crippen MR) is 108 cm³/mol. The summed E-state index contributed by atoms with van der Waals surface area (Å²) in [6.07, 6.45) is 8.74. The number of hydrogen-bond donors (Lipinski definition) is 2. The fourth-order valence-corrected chi connectivity index (χ4v) is 5.41. The number of rotatable bonds is 4. The van der Waals surface area contributed by atoms with Gasteiger partial charge in [-0.15, -0.1) is 0 Å². The molecule has 138 valence electrons. The number of benzene rings is 2. The van der Waals surface area contributed by atoms with Gasteiger partial charge < -0.3 is 10.4 Å². The van der Waals surface area contributed by atoms with E-state index >= 15 is 0 Å². The highest BCUT2D eigenvalue weighted by molar-refractivity contribution is 5.44. The zero-order chi connectivity index (χ0) is 18.0. The first-order chi connectivity index (χ1) is 12.7. The van der Waals surface area contributed by atoms with Crippen LogP contribution in [-0.4, -0.2) is 17.7 Å². The minimum absolute atomic E-state index is 0.119. The molecule has 2 aliphatic rings. The van der Waals surface area contributed by atoms with Gasteiger partial charge in [0.25, 0.3) is 0 Å². The molecule has 2 bridgehead atoms. The van der Waals surface area contributed by atoms with E-state index in [1.54, 1.807) is 0 Å². The van der Waals surface area contributed by atoms with E-state index in [1.165, 1.54) is 48.8 Å². The topological polar surface area (TPSA) is 32.3 Å². The average molecular weight is 350 g/mol. The maximum absolute atomic E-state index is 10.1. The van der Waals surface area contributed by atoms with Crippen LogP contribution in [0.5, 0.6) is 5.75 Å². The summed E-state index contributed by atoms with van der Waals surface area (Å²) in [5, 5.41) is 14.1. The van der Waals surface area contributed by atoms with Crippen LogP contribution in [0.15, 0.2) is 48.5 Å². The van der Waals surface area contributed by atoms with Crippen molar-refractivity contribution >= 4 is 0 Å². The zero-order valence-corrected chi connectivity index (χ0v) is 15.9. The Morgan fingerprint density at radius 2 is 1.92 bits per heavy atom. The van der Waals surface area contributed by atoms with Gasteiger partial charge in [0.1, 0.15) is 5.75 Å². The highest BCUT2D eigenvalue weighted by atomic mass is 16.3. The Morgan fingerprint density at radius 1 is 1.08 bits per heavy atom. The van der Waals surface area contributed by atoms with Gasteiger partial charge in [0.15, 0.2) is 0 Å². The normalized spacial score (nSPS) is 28.0. The molecule has 2 N–H and O–H groups in total. The summed E-state index contributed by atoms with van der Waals surface area (Å²) in [4.78, 5) is 0. The van der Waals surface area contributed by atoms with Crippen molar-refractivity contribution in [1.29, 1.82) is 0 Å². The summed E-state index contributed by atoms with van der Waals surface area (Å²) in [6.45, 7) is 3.46. The van der Waals surface area contributed by atoms with Crippen molar-refractivity contribution < 1.29 is 5.11 Å². The van der Waals surface area contributed by atoms with E-state index in [-0.39, 0.29) is 5.41 Å². The Kier molecular flexibility index (Phi) is 5.04. The summed E-state index contributed by atoms with van der Waals surface area (Å²) in [5.41, 5.74) is 4.36. The molecule has 2 aliphatic carbocycles. The summed E-state index contributed by atoms with van der Waals surface area (Å²) >= 11 is 0. The standard InChI is InChI=1S/C24H31NO/c1-24-14-7-3-6-10-20(16-19-11-12-21(26)17-22(19)24)23(24)25-15-13-18-8-4-2-5-9-18/h2,4-5,8-9,11-12,17,20,23,25-26H,3,6-7,10,13-16H2,1H3/t20-,23-,24+/m0/s1. The highest BCUT2D eigenvalue weighted by Gasteiger charge is 2.45. The fraction of sp³-hybridized carbons (Fsp3) is 0.500. The molecule has 1 fully saturated rings. The number of nitrogens with one attached hydrogen (secondary N) is 1. The van der Waals surface area contributed by atoms with Crippen LogP contribution < -0.4 is 5.32 Å². The van der Waals surface area contributed by atoms with Crippen molar-refractivity contribution in [2.24, 2.45) is 5.92 Å². The second-order valence-electron chi connectivity index (χ2n) is 8.49. The molecule has 0 aromatic heterocycles. The third-order valence-electron chi connectivity index (χ3n) is 6.74. The first kappa shape index (κ1) is 17.6. The van der Waals surface area contributed by atoms with Crippen LogP contribution in [-0.2, 0) is 18.3 Å². The molecule has 3 atom stereocenters. The van der Waals surface area contributed by atoms with Gasteiger partial charge in [-0.05, 0) is 67.0 Å². The van der Waals surface area contributed by atoms with Gasteiger partial charge in [0.2, 0.25) is 0 Å². The molecule has 0 aliphatic heterocycles. The molecular formula is C24H31NO. The second-order valence-corrected chi connectivity index (χ2v) is 8.49. The molecule has 2 nitrogen and oxygen atoms in total. The maximum atomic E-state index is 10.1. The number of fused-ring (bicyclic) bond motifs is 4. The number of phenols is 1. The van der Waals surface area contributed by atoms with Gasteiger partial charge in [0.05, 0.1) is 0 Å². The van der Waals surface area contributed by atoms with Gasteiger partial charge in [0, 0.05) is 11.5 Å². The Morgan fingerprint density at radius 3 is 2.77 bits per heavy atom. The molecule has 0 amide bonds. The molecule has 1 saturated carbocycles. The Bertz CT molecular complexity index is 741. The van der Waals surface area contributed by atoms with Crippen LogP contribution in [0.25, 0.3) is 0 Å². The van der Waals surface area contributed by atoms with E-state index in [9.17, 15) is 5.11 Å². The second kappa shape index (κ2) is 7.44. The van der Waals surface area contributed by atoms with Crippen LogP contribution in [0, 0.1) is 5.92 Å². The molecule has 0 heterocycles. The predicted octanol–water partition coefficient (Wildman–Crippen LogP) is 4.99. The lowest BCUT2D eigenvalue weighted by Crippen LogP contribution is -2.55. The van der Waals surface area contributed by atoms with Crippen molar-refractivity contribution in [3.8, 4) is 5.75 Å². The lowest BCUT2D eigenvalue weighted by molar-refractivity contribution is 0.167.